The van der Waals surface area contributed by atoms with Gasteiger partial charge in [-0.05, 0) is 63.1 Å². The highest BCUT2D eigenvalue weighted by molar-refractivity contribution is 7.12. The van der Waals surface area contributed by atoms with E-state index in [1.54, 1.807) is 4.88 Å². The fourth-order valence-corrected chi connectivity index (χ4v) is 4.37. The highest BCUT2D eigenvalue weighted by Crippen LogP contribution is 2.39. The van der Waals surface area contributed by atoms with Gasteiger partial charge in [0.1, 0.15) is 0 Å². The Morgan fingerprint density at radius 3 is 2.67 bits per heavy atom. The van der Waals surface area contributed by atoms with Crippen molar-refractivity contribution in [2.75, 3.05) is 6.54 Å². The molecule has 0 aromatic carbocycles. The monoisotopic (exact) mass is 263 g/mol. The first-order valence-electron chi connectivity index (χ1n) is 7.62. The average molecular weight is 263 g/mol. The standard InChI is InChI=1S/C16H25NS/c1-12-7-10-16(18-12)15-6-4-2-3-5-13(15)11-17-14-8-9-14/h7,10,13-15,17H,2-6,8-9,11H2,1H3. The van der Waals surface area contributed by atoms with Gasteiger partial charge < -0.3 is 5.32 Å². The predicted molar refractivity (Wildman–Crippen MR) is 79.4 cm³/mol. The molecule has 0 bridgehead atoms. The molecule has 1 aromatic rings. The molecule has 18 heavy (non-hydrogen) atoms. The molecule has 1 nitrogen and oxygen atoms in total. The number of thiophene rings is 1. The maximum atomic E-state index is 3.77. The van der Waals surface area contributed by atoms with Crippen molar-refractivity contribution < 1.29 is 0 Å². The van der Waals surface area contributed by atoms with E-state index in [1.807, 2.05) is 11.3 Å². The van der Waals surface area contributed by atoms with Gasteiger partial charge in [0.05, 0.1) is 0 Å². The summed E-state index contributed by atoms with van der Waals surface area (Å²) < 4.78 is 0. The molecule has 2 heteroatoms. The van der Waals surface area contributed by atoms with Crippen molar-refractivity contribution in [2.45, 2.75) is 63.8 Å². The largest absolute Gasteiger partial charge is 0.314 e. The van der Waals surface area contributed by atoms with E-state index < -0.39 is 0 Å². The van der Waals surface area contributed by atoms with Crippen molar-refractivity contribution in [3.63, 3.8) is 0 Å². The Bertz CT molecular complexity index is 380. The van der Waals surface area contributed by atoms with Crippen LogP contribution in [0, 0.1) is 12.8 Å². The molecular weight excluding hydrogens is 238 g/mol. The third-order valence-corrected chi connectivity index (χ3v) is 5.66. The zero-order valence-corrected chi connectivity index (χ0v) is 12.3. The normalized spacial score (nSPS) is 29.2. The maximum absolute atomic E-state index is 3.77. The van der Waals surface area contributed by atoms with Crippen molar-refractivity contribution in [3.05, 3.63) is 21.9 Å². The lowest BCUT2D eigenvalue weighted by Gasteiger charge is -2.24. The van der Waals surface area contributed by atoms with Gasteiger partial charge in [-0.15, -0.1) is 11.3 Å². The van der Waals surface area contributed by atoms with Crippen LogP contribution in [0.2, 0.25) is 0 Å². The van der Waals surface area contributed by atoms with Crippen LogP contribution in [0.1, 0.15) is 60.6 Å². The SMILES string of the molecule is Cc1ccc(C2CCCCCC2CNC2CC2)s1. The summed E-state index contributed by atoms with van der Waals surface area (Å²) in [6.45, 7) is 3.49. The Labute approximate surface area is 115 Å². The van der Waals surface area contributed by atoms with Crippen molar-refractivity contribution in [2.24, 2.45) is 5.92 Å². The minimum atomic E-state index is 0.831. The topological polar surface area (TPSA) is 12.0 Å². The minimum absolute atomic E-state index is 0.831. The van der Waals surface area contributed by atoms with Gasteiger partial charge in [-0.3, -0.25) is 0 Å². The van der Waals surface area contributed by atoms with Crippen molar-refractivity contribution >= 4 is 11.3 Å². The van der Waals surface area contributed by atoms with Gasteiger partial charge in [-0.2, -0.15) is 0 Å². The van der Waals surface area contributed by atoms with Crippen LogP contribution in [-0.2, 0) is 0 Å². The molecule has 3 rings (SSSR count). The Kier molecular flexibility index (Phi) is 4.05. The van der Waals surface area contributed by atoms with Gasteiger partial charge in [0.2, 0.25) is 0 Å². The number of aryl methyl sites for hydroxylation is 1. The van der Waals surface area contributed by atoms with Gasteiger partial charge in [-0.1, -0.05) is 19.3 Å². The predicted octanol–water partition coefficient (Wildman–Crippen LogP) is 4.47. The molecule has 2 atom stereocenters. The van der Waals surface area contributed by atoms with E-state index in [9.17, 15) is 0 Å². The third-order valence-electron chi connectivity index (χ3n) is 4.53. The zero-order chi connectivity index (χ0) is 12.4. The third kappa shape index (κ3) is 3.16. The van der Waals surface area contributed by atoms with Crippen LogP contribution in [0.25, 0.3) is 0 Å². The van der Waals surface area contributed by atoms with E-state index in [-0.39, 0.29) is 0 Å². The smallest absolute Gasteiger partial charge is 0.00822 e. The van der Waals surface area contributed by atoms with Gasteiger partial charge in [0.25, 0.3) is 0 Å². The molecule has 0 saturated heterocycles. The lowest BCUT2D eigenvalue weighted by Crippen LogP contribution is -2.28. The molecule has 2 fully saturated rings. The molecule has 0 amide bonds. The molecule has 0 spiro atoms. The summed E-state index contributed by atoms with van der Waals surface area (Å²) in [7, 11) is 0. The number of nitrogens with one attached hydrogen (secondary N) is 1. The van der Waals surface area contributed by atoms with E-state index in [0.29, 0.717) is 0 Å². The molecule has 2 unspecified atom stereocenters. The highest BCUT2D eigenvalue weighted by atomic mass is 32.1. The molecular formula is C16H25NS. The van der Waals surface area contributed by atoms with Crippen LogP contribution in [0.3, 0.4) is 0 Å². The van der Waals surface area contributed by atoms with Crippen LogP contribution in [0.4, 0.5) is 0 Å². The Balaban J connectivity index is 1.68. The first-order chi connectivity index (χ1) is 8.83. The second-order valence-corrected chi connectivity index (χ2v) is 7.45. The van der Waals surface area contributed by atoms with E-state index in [1.165, 1.54) is 56.4 Å². The molecule has 2 saturated carbocycles. The van der Waals surface area contributed by atoms with Crippen LogP contribution in [-0.4, -0.2) is 12.6 Å². The van der Waals surface area contributed by atoms with Crippen molar-refractivity contribution in [1.29, 1.82) is 0 Å². The van der Waals surface area contributed by atoms with Gasteiger partial charge >= 0.3 is 0 Å². The second kappa shape index (κ2) is 5.75. The van der Waals surface area contributed by atoms with Crippen LogP contribution in [0.15, 0.2) is 12.1 Å². The molecule has 1 aromatic heterocycles. The molecule has 0 radical (unpaired) electrons. The Hall–Kier alpha value is -0.340. The van der Waals surface area contributed by atoms with Crippen molar-refractivity contribution in [1.82, 2.24) is 5.32 Å². The molecule has 2 aliphatic rings. The maximum Gasteiger partial charge on any atom is 0.00822 e. The molecule has 0 aliphatic heterocycles. The van der Waals surface area contributed by atoms with E-state index in [0.717, 1.165) is 17.9 Å². The van der Waals surface area contributed by atoms with E-state index >= 15 is 0 Å². The average Bonchev–Trinajstić information content (AvgIpc) is 3.13. The van der Waals surface area contributed by atoms with Gasteiger partial charge in [0.15, 0.2) is 0 Å². The molecule has 2 aliphatic carbocycles. The quantitative estimate of drug-likeness (QED) is 0.790. The number of hydrogen-bond donors (Lipinski definition) is 1. The Morgan fingerprint density at radius 1 is 1.11 bits per heavy atom. The fraction of sp³-hybridized carbons (Fsp3) is 0.750. The van der Waals surface area contributed by atoms with Gasteiger partial charge in [-0.25, -0.2) is 0 Å². The summed E-state index contributed by atoms with van der Waals surface area (Å²) in [6.07, 6.45) is 9.99. The lowest BCUT2D eigenvalue weighted by atomic mass is 9.86. The Morgan fingerprint density at radius 2 is 1.94 bits per heavy atom. The summed E-state index contributed by atoms with van der Waals surface area (Å²) in [6, 6.07) is 5.55. The van der Waals surface area contributed by atoms with Crippen LogP contribution >= 0.6 is 11.3 Å². The first kappa shape index (κ1) is 12.7. The highest BCUT2D eigenvalue weighted by Gasteiger charge is 2.28. The first-order valence-corrected chi connectivity index (χ1v) is 8.44. The minimum Gasteiger partial charge on any atom is -0.314 e. The molecule has 100 valence electrons. The second-order valence-electron chi connectivity index (χ2n) is 6.14. The zero-order valence-electron chi connectivity index (χ0n) is 11.5. The summed E-state index contributed by atoms with van der Waals surface area (Å²) in [5.74, 6) is 1.71. The van der Waals surface area contributed by atoms with Crippen molar-refractivity contribution in [3.8, 4) is 0 Å². The molecule has 1 N–H and O–H groups in total. The van der Waals surface area contributed by atoms with Crippen LogP contribution in [0.5, 0.6) is 0 Å². The van der Waals surface area contributed by atoms with E-state index in [2.05, 4.69) is 24.4 Å². The summed E-state index contributed by atoms with van der Waals surface area (Å²) in [4.78, 5) is 3.13. The van der Waals surface area contributed by atoms with Crippen LogP contribution < -0.4 is 5.32 Å². The van der Waals surface area contributed by atoms with Gasteiger partial charge in [0, 0.05) is 15.8 Å². The number of hydrogen-bond acceptors (Lipinski definition) is 2. The number of rotatable bonds is 4. The lowest BCUT2D eigenvalue weighted by molar-refractivity contribution is 0.378. The fourth-order valence-electron chi connectivity index (χ4n) is 3.26. The van der Waals surface area contributed by atoms with E-state index in [4.69, 9.17) is 0 Å². The molecule has 1 heterocycles. The summed E-state index contributed by atoms with van der Waals surface area (Å²) in [5, 5.41) is 3.77. The summed E-state index contributed by atoms with van der Waals surface area (Å²) in [5.41, 5.74) is 0. The summed E-state index contributed by atoms with van der Waals surface area (Å²) >= 11 is 2.03.